The van der Waals surface area contributed by atoms with Crippen molar-refractivity contribution in [1.29, 1.82) is 0 Å². The van der Waals surface area contributed by atoms with Crippen LogP contribution in [0.5, 0.6) is 0 Å². The summed E-state index contributed by atoms with van der Waals surface area (Å²) in [6.45, 7) is 19.0. The van der Waals surface area contributed by atoms with Crippen LogP contribution >= 0.6 is 0 Å². The molecule has 2 fully saturated rings. The van der Waals surface area contributed by atoms with E-state index in [0.29, 0.717) is 65.1 Å². The molecule has 11 heteroatoms. The Bertz CT molecular complexity index is 460. The standard InChI is InChI=1S/C12H26O5Si.C12H26O4Si/c1-4-15-18(16-5-2,17-6-3)9-7-8-13-10-12-11-14-12;1-4-14-17(15-5-2,16-6-3)10-8-7-9-12-11-13-12/h12H,4-11H2,1-3H3;12H,4-11H2,1-3H3. The molecule has 2 aliphatic heterocycles. The van der Waals surface area contributed by atoms with E-state index in [1.54, 1.807) is 0 Å². The highest BCUT2D eigenvalue weighted by atomic mass is 28.4. The van der Waals surface area contributed by atoms with E-state index in [4.69, 9.17) is 40.8 Å². The van der Waals surface area contributed by atoms with E-state index in [0.717, 1.165) is 44.6 Å². The van der Waals surface area contributed by atoms with Gasteiger partial charge in [0, 0.05) is 58.3 Å². The summed E-state index contributed by atoms with van der Waals surface area (Å²) in [4.78, 5) is 0. The number of epoxide rings is 2. The Labute approximate surface area is 216 Å². The minimum Gasteiger partial charge on any atom is -0.379 e. The summed E-state index contributed by atoms with van der Waals surface area (Å²) >= 11 is 0. The van der Waals surface area contributed by atoms with Crippen LogP contribution in [0.1, 0.15) is 67.2 Å². The van der Waals surface area contributed by atoms with Crippen molar-refractivity contribution in [3.8, 4) is 0 Å². The molecular weight excluding hydrogens is 488 g/mol. The zero-order chi connectivity index (χ0) is 25.8. The zero-order valence-electron chi connectivity index (χ0n) is 23.1. The Morgan fingerprint density at radius 2 is 0.971 bits per heavy atom. The van der Waals surface area contributed by atoms with Gasteiger partial charge in [-0.3, -0.25) is 0 Å². The van der Waals surface area contributed by atoms with Crippen LogP contribution < -0.4 is 0 Å². The Morgan fingerprint density at radius 3 is 1.34 bits per heavy atom. The van der Waals surface area contributed by atoms with Crippen LogP contribution in [0.2, 0.25) is 12.1 Å². The fourth-order valence-electron chi connectivity index (χ4n) is 3.72. The lowest BCUT2D eigenvalue weighted by atomic mass is 10.2. The van der Waals surface area contributed by atoms with E-state index in [9.17, 15) is 0 Å². The molecule has 2 heterocycles. The van der Waals surface area contributed by atoms with Gasteiger partial charge < -0.3 is 40.8 Å². The van der Waals surface area contributed by atoms with Crippen LogP contribution in [-0.2, 0) is 40.8 Å². The predicted octanol–water partition coefficient (Wildman–Crippen LogP) is 4.44. The first-order chi connectivity index (χ1) is 17.0. The van der Waals surface area contributed by atoms with E-state index < -0.39 is 17.6 Å². The lowest BCUT2D eigenvalue weighted by molar-refractivity contribution is 0.0647. The summed E-state index contributed by atoms with van der Waals surface area (Å²) in [5.74, 6) is 0. The summed E-state index contributed by atoms with van der Waals surface area (Å²) in [5, 5.41) is 0. The molecule has 2 saturated heterocycles. The van der Waals surface area contributed by atoms with Crippen molar-refractivity contribution in [2.24, 2.45) is 0 Å². The molecule has 0 radical (unpaired) electrons. The summed E-state index contributed by atoms with van der Waals surface area (Å²) in [6, 6.07) is 1.74. The molecule has 2 aliphatic rings. The second kappa shape index (κ2) is 20.1. The largest absolute Gasteiger partial charge is 0.501 e. The van der Waals surface area contributed by atoms with E-state index in [1.165, 1.54) is 6.42 Å². The number of unbranched alkanes of at least 4 members (excludes halogenated alkanes) is 1. The number of rotatable bonds is 23. The van der Waals surface area contributed by atoms with Crippen LogP contribution in [0.15, 0.2) is 0 Å². The quantitative estimate of drug-likeness (QED) is 0.106. The Morgan fingerprint density at radius 1 is 0.571 bits per heavy atom. The van der Waals surface area contributed by atoms with Gasteiger partial charge in [-0.15, -0.1) is 0 Å². The van der Waals surface area contributed by atoms with Crippen molar-refractivity contribution >= 4 is 17.6 Å². The Kier molecular flexibility index (Phi) is 19.0. The third-order valence-corrected chi connectivity index (χ3v) is 11.6. The molecule has 0 bridgehead atoms. The van der Waals surface area contributed by atoms with Crippen molar-refractivity contribution in [2.75, 3.05) is 66.1 Å². The van der Waals surface area contributed by atoms with Gasteiger partial charge in [-0.05, 0) is 60.8 Å². The van der Waals surface area contributed by atoms with Crippen LogP contribution in [0.25, 0.3) is 0 Å². The van der Waals surface area contributed by atoms with Gasteiger partial charge in [-0.1, -0.05) is 6.42 Å². The van der Waals surface area contributed by atoms with Crippen molar-refractivity contribution < 1.29 is 40.8 Å². The molecular formula is C24H52O9Si2. The number of hydrogen-bond donors (Lipinski definition) is 0. The van der Waals surface area contributed by atoms with Crippen LogP contribution in [0.3, 0.4) is 0 Å². The van der Waals surface area contributed by atoms with E-state index in [2.05, 4.69) is 0 Å². The molecule has 2 rings (SSSR count). The van der Waals surface area contributed by atoms with E-state index in [-0.39, 0.29) is 0 Å². The third kappa shape index (κ3) is 15.8. The van der Waals surface area contributed by atoms with Crippen molar-refractivity contribution in [3.63, 3.8) is 0 Å². The molecule has 0 saturated carbocycles. The lowest BCUT2D eigenvalue weighted by Gasteiger charge is -2.28. The summed E-state index contributed by atoms with van der Waals surface area (Å²) in [6.07, 6.45) is 5.20. The molecule has 0 amide bonds. The van der Waals surface area contributed by atoms with E-state index in [1.807, 2.05) is 41.5 Å². The SMILES string of the molecule is CCO[Si](CCCCC1CO1)(OCC)OCC.CCO[Si](CCCOCC1CO1)(OCC)OCC. The molecule has 9 nitrogen and oxygen atoms in total. The van der Waals surface area contributed by atoms with Crippen molar-refractivity contribution in [3.05, 3.63) is 0 Å². The van der Waals surface area contributed by atoms with Gasteiger partial charge in [0.1, 0.15) is 6.10 Å². The highest BCUT2D eigenvalue weighted by molar-refractivity contribution is 6.61. The van der Waals surface area contributed by atoms with Gasteiger partial charge in [0.2, 0.25) is 0 Å². The molecule has 0 spiro atoms. The van der Waals surface area contributed by atoms with Crippen LogP contribution in [0.4, 0.5) is 0 Å². The van der Waals surface area contributed by atoms with Crippen molar-refractivity contribution in [2.45, 2.75) is 91.5 Å². The number of hydrogen-bond acceptors (Lipinski definition) is 9. The first kappa shape index (κ1) is 33.1. The fourth-order valence-corrected chi connectivity index (χ4v) is 8.99. The van der Waals surface area contributed by atoms with Gasteiger partial charge in [0.15, 0.2) is 0 Å². The Balaban J connectivity index is 0.000000351. The van der Waals surface area contributed by atoms with Crippen LogP contribution in [0, 0.1) is 0 Å². The lowest BCUT2D eigenvalue weighted by Crippen LogP contribution is -2.46. The van der Waals surface area contributed by atoms with Crippen LogP contribution in [-0.4, -0.2) is 95.9 Å². The van der Waals surface area contributed by atoms with Crippen molar-refractivity contribution in [1.82, 2.24) is 0 Å². The van der Waals surface area contributed by atoms with Gasteiger partial charge in [0.05, 0.1) is 25.9 Å². The summed E-state index contributed by atoms with van der Waals surface area (Å²) in [7, 11) is -4.86. The third-order valence-electron chi connectivity index (χ3n) is 5.32. The molecule has 210 valence electrons. The maximum Gasteiger partial charge on any atom is 0.501 e. The topological polar surface area (TPSA) is 89.7 Å². The minimum atomic E-state index is -2.47. The molecule has 0 aromatic heterocycles. The normalized spacial score (nSPS) is 19.4. The zero-order valence-corrected chi connectivity index (χ0v) is 25.1. The molecule has 0 N–H and O–H groups in total. The van der Waals surface area contributed by atoms with E-state index >= 15 is 0 Å². The summed E-state index contributed by atoms with van der Waals surface area (Å²) < 4.78 is 50.5. The fraction of sp³-hybridized carbons (Fsp3) is 1.00. The smallest absolute Gasteiger partial charge is 0.379 e. The molecule has 0 aromatic rings. The first-order valence-corrected chi connectivity index (χ1v) is 17.5. The van der Waals surface area contributed by atoms with Gasteiger partial charge >= 0.3 is 17.6 Å². The average molecular weight is 541 g/mol. The number of ether oxygens (including phenoxy) is 3. The van der Waals surface area contributed by atoms with Gasteiger partial charge in [-0.25, -0.2) is 0 Å². The van der Waals surface area contributed by atoms with Gasteiger partial charge in [0.25, 0.3) is 0 Å². The molecule has 2 atom stereocenters. The molecule has 0 aromatic carbocycles. The molecule has 2 unspecified atom stereocenters. The molecule has 0 aliphatic carbocycles. The highest BCUT2D eigenvalue weighted by Crippen LogP contribution is 2.23. The highest BCUT2D eigenvalue weighted by Gasteiger charge is 2.40. The predicted molar refractivity (Wildman–Crippen MR) is 140 cm³/mol. The minimum absolute atomic E-state index is 0.331. The first-order valence-electron chi connectivity index (χ1n) is 13.7. The Hall–Kier alpha value is 0.0738. The van der Waals surface area contributed by atoms with Gasteiger partial charge in [-0.2, -0.15) is 0 Å². The molecule has 35 heavy (non-hydrogen) atoms. The maximum atomic E-state index is 5.80. The monoisotopic (exact) mass is 540 g/mol. The second-order valence-corrected chi connectivity index (χ2v) is 13.8. The second-order valence-electron chi connectivity index (χ2n) is 8.30. The summed E-state index contributed by atoms with van der Waals surface area (Å²) in [5.41, 5.74) is 0. The maximum absolute atomic E-state index is 5.80. The average Bonchev–Trinajstić information content (AvgIpc) is 3.74.